The maximum atomic E-state index is 10.5. The molecular formula is C7H14N2O2. The van der Waals surface area contributed by atoms with Gasteiger partial charge in [-0.1, -0.05) is 0 Å². The number of likely N-dealkylation sites (tertiary alicyclic amines) is 1. The van der Waals surface area contributed by atoms with Gasteiger partial charge in [-0.2, -0.15) is 0 Å². The molecule has 0 aliphatic carbocycles. The van der Waals surface area contributed by atoms with Crippen LogP contribution in [-0.4, -0.2) is 41.7 Å². The van der Waals surface area contributed by atoms with Crippen LogP contribution in [0.5, 0.6) is 0 Å². The maximum Gasteiger partial charge on any atom is 0.322 e. The van der Waals surface area contributed by atoms with Crippen LogP contribution in [0.15, 0.2) is 0 Å². The van der Waals surface area contributed by atoms with Crippen molar-refractivity contribution < 1.29 is 9.90 Å². The minimum Gasteiger partial charge on any atom is -0.480 e. The van der Waals surface area contributed by atoms with Crippen LogP contribution in [0.3, 0.4) is 0 Å². The smallest absolute Gasteiger partial charge is 0.322 e. The molecule has 4 nitrogen and oxygen atoms in total. The van der Waals surface area contributed by atoms with Gasteiger partial charge in [0, 0.05) is 6.04 Å². The SMILES string of the molecule is CN1CCCC1C(N)C(=O)O. The summed E-state index contributed by atoms with van der Waals surface area (Å²) in [6.07, 6.45) is 1.96. The molecule has 0 amide bonds. The Hall–Kier alpha value is -0.610. The number of aliphatic carboxylic acids is 1. The number of carboxylic acids is 1. The highest BCUT2D eigenvalue weighted by Crippen LogP contribution is 2.16. The molecule has 0 aromatic heterocycles. The second-order valence-corrected chi connectivity index (χ2v) is 3.05. The highest BCUT2D eigenvalue weighted by Gasteiger charge is 2.30. The molecule has 4 heteroatoms. The van der Waals surface area contributed by atoms with E-state index in [1.54, 1.807) is 0 Å². The fraction of sp³-hybridized carbons (Fsp3) is 0.857. The van der Waals surface area contributed by atoms with Gasteiger partial charge in [-0.05, 0) is 26.4 Å². The Bertz CT molecular complexity index is 161. The van der Waals surface area contributed by atoms with Crippen LogP contribution < -0.4 is 5.73 Å². The summed E-state index contributed by atoms with van der Waals surface area (Å²) in [7, 11) is 1.92. The second-order valence-electron chi connectivity index (χ2n) is 3.05. The van der Waals surface area contributed by atoms with Gasteiger partial charge in [0.25, 0.3) is 0 Å². The highest BCUT2D eigenvalue weighted by atomic mass is 16.4. The van der Waals surface area contributed by atoms with Crippen molar-refractivity contribution in [2.24, 2.45) is 5.73 Å². The minimum absolute atomic E-state index is 0.0347. The van der Waals surface area contributed by atoms with Gasteiger partial charge >= 0.3 is 5.97 Å². The number of hydrogen-bond acceptors (Lipinski definition) is 3. The quantitative estimate of drug-likeness (QED) is 0.568. The number of carbonyl (C=O) groups is 1. The Morgan fingerprint density at radius 3 is 2.82 bits per heavy atom. The zero-order valence-electron chi connectivity index (χ0n) is 6.66. The normalized spacial score (nSPS) is 28.7. The van der Waals surface area contributed by atoms with Gasteiger partial charge in [0.05, 0.1) is 0 Å². The van der Waals surface area contributed by atoms with E-state index in [2.05, 4.69) is 0 Å². The molecule has 0 aromatic carbocycles. The van der Waals surface area contributed by atoms with E-state index in [1.165, 1.54) is 0 Å². The third kappa shape index (κ3) is 1.70. The molecule has 11 heavy (non-hydrogen) atoms. The topological polar surface area (TPSA) is 66.6 Å². The lowest BCUT2D eigenvalue weighted by atomic mass is 10.1. The molecule has 2 atom stereocenters. The van der Waals surface area contributed by atoms with E-state index in [9.17, 15) is 4.79 Å². The number of carboxylic acid groups (broad SMARTS) is 1. The first-order chi connectivity index (χ1) is 5.13. The van der Waals surface area contributed by atoms with Crippen LogP contribution in [0.4, 0.5) is 0 Å². The monoisotopic (exact) mass is 158 g/mol. The summed E-state index contributed by atoms with van der Waals surface area (Å²) >= 11 is 0. The molecule has 2 unspecified atom stereocenters. The van der Waals surface area contributed by atoms with Gasteiger partial charge in [0.1, 0.15) is 6.04 Å². The van der Waals surface area contributed by atoms with E-state index in [-0.39, 0.29) is 6.04 Å². The molecule has 3 N–H and O–H groups in total. The van der Waals surface area contributed by atoms with Gasteiger partial charge in [-0.15, -0.1) is 0 Å². The van der Waals surface area contributed by atoms with Crippen LogP contribution in [0, 0.1) is 0 Å². The van der Waals surface area contributed by atoms with Crippen molar-refractivity contribution in [2.75, 3.05) is 13.6 Å². The van der Waals surface area contributed by atoms with Gasteiger partial charge in [0.15, 0.2) is 0 Å². The summed E-state index contributed by atoms with van der Waals surface area (Å²) in [4.78, 5) is 12.5. The van der Waals surface area contributed by atoms with Crippen LogP contribution in [0.2, 0.25) is 0 Å². The first-order valence-electron chi connectivity index (χ1n) is 3.81. The lowest BCUT2D eigenvalue weighted by molar-refractivity contribution is -0.139. The lowest BCUT2D eigenvalue weighted by Crippen LogP contribution is -2.47. The Balaban J connectivity index is 2.52. The Labute approximate surface area is 66.0 Å². The third-order valence-corrected chi connectivity index (χ3v) is 2.28. The maximum absolute atomic E-state index is 10.5. The predicted octanol–water partition coefficient (Wildman–Crippen LogP) is -0.507. The summed E-state index contributed by atoms with van der Waals surface area (Å²) in [6.45, 7) is 0.964. The van der Waals surface area contributed by atoms with Gasteiger partial charge in [-0.3, -0.25) is 4.79 Å². The van der Waals surface area contributed by atoms with Gasteiger partial charge in [0.2, 0.25) is 0 Å². The molecular weight excluding hydrogens is 144 g/mol. The molecule has 0 bridgehead atoms. The summed E-state index contributed by atoms with van der Waals surface area (Å²) in [6, 6.07) is -0.685. The first kappa shape index (κ1) is 8.49. The summed E-state index contributed by atoms with van der Waals surface area (Å²) < 4.78 is 0. The predicted molar refractivity (Wildman–Crippen MR) is 41.3 cm³/mol. The van der Waals surface area contributed by atoms with Crippen molar-refractivity contribution in [3.63, 3.8) is 0 Å². The number of nitrogens with two attached hydrogens (primary N) is 1. The second kappa shape index (κ2) is 3.19. The molecule has 0 radical (unpaired) electrons. The fourth-order valence-corrected chi connectivity index (χ4v) is 1.55. The van der Waals surface area contributed by atoms with E-state index in [0.717, 1.165) is 19.4 Å². The average molecular weight is 158 g/mol. The molecule has 1 saturated heterocycles. The van der Waals surface area contributed by atoms with Crippen LogP contribution in [0.25, 0.3) is 0 Å². The zero-order valence-corrected chi connectivity index (χ0v) is 6.66. The van der Waals surface area contributed by atoms with Crippen LogP contribution >= 0.6 is 0 Å². The van der Waals surface area contributed by atoms with Gasteiger partial charge < -0.3 is 15.7 Å². The van der Waals surface area contributed by atoms with Crippen LogP contribution in [-0.2, 0) is 4.79 Å². The standard InChI is InChI=1S/C7H14N2O2/c1-9-4-2-3-5(9)6(8)7(10)11/h5-6H,2-4,8H2,1H3,(H,10,11). The van der Waals surface area contributed by atoms with Crippen molar-refractivity contribution in [1.82, 2.24) is 4.90 Å². The first-order valence-corrected chi connectivity index (χ1v) is 3.81. The Kier molecular flexibility index (Phi) is 2.46. The van der Waals surface area contributed by atoms with Crippen molar-refractivity contribution in [3.8, 4) is 0 Å². The van der Waals surface area contributed by atoms with Gasteiger partial charge in [-0.25, -0.2) is 0 Å². The van der Waals surface area contributed by atoms with E-state index < -0.39 is 12.0 Å². The summed E-state index contributed by atoms with van der Waals surface area (Å²) in [5, 5.41) is 8.61. The van der Waals surface area contributed by atoms with E-state index in [0.29, 0.717) is 0 Å². The average Bonchev–Trinajstić information content (AvgIpc) is 2.33. The highest BCUT2D eigenvalue weighted by molar-refractivity contribution is 5.74. The number of nitrogens with zero attached hydrogens (tertiary/aromatic N) is 1. The lowest BCUT2D eigenvalue weighted by Gasteiger charge is -2.22. The Morgan fingerprint density at radius 2 is 2.45 bits per heavy atom. The number of rotatable bonds is 2. The minimum atomic E-state index is -0.899. The zero-order chi connectivity index (χ0) is 8.43. The largest absolute Gasteiger partial charge is 0.480 e. The fourth-order valence-electron chi connectivity index (χ4n) is 1.55. The molecule has 0 saturated carbocycles. The molecule has 64 valence electrons. The van der Waals surface area contributed by atoms with Crippen molar-refractivity contribution in [2.45, 2.75) is 24.9 Å². The molecule has 0 aromatic rings. The van der Waals surface area contributed by atoms with Crippen molar-refractivity contribution in [1.29, 1.82) is 0 Å². The molecule has 1 fully saturated rings. The molecule has 1 heterocycles. The molecule has 0 spiro atoms. The van der Waals surface area contributed by atoms with E-state index in [1.807, 2.05) is 11.9 Å². The summed E-state index contributed by atoms with van der Waals surface area (Å²) in [5.41, 5.74) is 5.47. The van der Waals surface area contributed by atoms with E-state index >= 15 is 0 Å². The van der Waals surface area contributed by atoms with Crippen molar-refractivity contribution in [3.05, 3.63) is 0 Å². The van der Waals surface area contributed by atoms with Crippen LogP contribution in [0.1, 0.15) is 12.8 Å². The van der Waals surface area contributed by atoms with E-state index in [4.69, 9.17) is 10.8 Å². The molecule has 1 aliphatic heterocycles. The molecule has 1 aliphatic rings. The number of hydrogen-bond donors (Lipinski definition) is 2. The number of likely N-dealkylation sites (N-methyl/N-ethyl adjacent to an activating group) is 1. The Morgan fingerprint density at radius 1 is 1.82 bits per heavy atom. The third-order valence-electron chi connectivity index (χ3n) is 2.28. The van der Waals surface area contributed by atoms with Crippen molar-refractivity contribution >= 4 is 5.97 Å². The summed E-state index contributed by atoms with van der Waals surface area (Å²) in [5.74, 6) is -0.899. The molecule has 1 rings (SSSR count).